The van der Waals surface area contributed by atoms with E-state index in [-0.39, 0.29) is 16.6 Å². The molecule has 0 unspecified atom stereocenters. The molecule has 5 heteroatoms. The minimum atomic E-state index is -0.113. The summed E-state index contributed by atoms with van der Waals surface area (Å²) < 4.78 is 7.30. The van der Waals surface area contributed by atoms with Crippen LogP contribution in [0.25, 0.3) is 0 Å². The quantitative estimate of drug-likeness (QED) is 0.606. The minimum Gasteiger partial charge on any atom is -0.494 e. The molecule has 0 N–H and O–H groups in total. The van der Waals surface area contributed by atoms with Gasteiger partial charge in [-0.15, -0.1) is 0 Å². The maximum Gasteiger partial charge on any atom is 0.254 e. The second-order valence-electron chi connectivity index (χ2n) is 5.10. The molecule has 0 atom stereocenters. The lowest BCUT2D eigenvalue weighted by atomic mass is 10.2. The van der Waals surface area contributed by atoms with E-state index in [0.717, 1.165) is 12.2 Å². The molecule has 1 aromatic heterocycles. The molecular weight excluding hydrogens is 288 g/mol. The van der Waals surface area contributed by atoms with Crippen molar-refractivity contribution in [2.75, 3.05) is 6.61 Å². The molecule has 0 saturated heterocycles. The van der Waals surface area contributed by atoms with Crippen LogP contribution in [-0.4, -0.2) is 16.2 Å². The van der Waals surface area contributed by atoms with Gasteiger partial charge in [-0.05, 0) is 18.6 Å². The van der Waals surface area contributed by atoms with Crippen molar-refractivity contribution >= 4 is 11.6 Å². The van der Waals surface area contributed by atoms with Gasteiger partial charge < -0.3 is 4.74 Å². The molecular formula is C16H19ClN2O2. The lowest BCUT2D eigenvalue weighted by molar-refractivity contribution is 0.299. The molecule has 1 heterocycles. The third kappa shape index (κ3) is 4.33. The normalized spacial score (nSPS) is 10.9. The second kappa shape index (κ2) is 7.27. The summed E-state index contributed by atoms with van der Waals surface area (Å²) >= 11 is 5.86. The van der Waals surface area contributed by atoms with Crippen molar-refractivity contribution < 1.29 is 4.74 Å². The Hall–Kier alpha value is -1.81. The molecule has 0 aliphatic rings. The Balaban J connectivity index is 1.98. The summed E-state index contributed by atoms with van der Waals surface area (Å²) in [7, 11) is 0. The molecule has 112 valence electrons. The van der Waals surface area contributed by atoms with E-state index in [4.69, 9.17) is 16.3 Å². The summed E-state index contributed by atoms with van der Waals surface area (Å²) in [4.78, 5) is 16.3. The highest BCUT2D eigenvalue weighted by atomic mass is 35.5. The van der Waals surface area contributed by atoms with Crippen molar-refractivity contribution in [3.05, 3.63) is 57.7 Å². The van der Waals surface area contributed by atoms with E-state index in [1.54, 1.807) is 4.57 Å². The zero-order chi connectivity index (χ0) is 15.2. The first-order chi connectivity index (χ1) is 10.1. The van der Waals surface area contributed by atoms with Crippen molar-refractivity contribution in [2.24, 2.45) is 0 Å². The number of para-hydroxylation sites is 1. The fourth-order valence-corrected chi connectivity index (χ4v) is 2.27. The van der Waals surface area contributed by atoms with Crippen LogP contribution >= 0.6 is 11.6 Å². The monoisotopic (exact) mass is 306 g/mol. The van der Waals surface area contributed by atoms with E-state index >= 15 is 0 Å². The number of hydrogen-bond acceptors (Lipinski definition) is 3. The first-order valence-corrected chi connectivity index (χ1v) is 7.41. The number of halogens is 1. The average molecular weight is 307 g/mol. The van der Waals surface area contributed by atoms with Crippen LogP contribution in [0.2, 0.25) is 5.15 Å². The minimum absolute atomic E-state index is 0.113. The van der Waals surface area contributed by atoms with Crippen LogP contribution in [0.3, 0.4) is 0 Å². The van der Waals surface area contributed by atoms with E-state index < -0.39 is 0 Å². The smallest absolute Gasteiger partial charge is 0.254 e. The topological polar surface area (TPSA) is 44.1 Å². The number of ether oxygens (including phenoxy) is 1. The molecule has 4 nitrogen and oxygen atoms in total. The maximum atomic E-state index is 12.0. The summed E-state index contributed by atoms with van der Waals surface area (Å²) in [5.41, 5.74) is -0.113. The molecule has 0 bridgehead atoms. The van der Waals surface area contributed by atoms with Gasteiger partial charge in [-0.3, -0.25) is 9.36 Å². The zero-order valence-electron chi connectivity index (χ0n) is 12.3. The van der Waals surface area contributed by atoms with Gasteiger partial charge in [-0.1, -0.05) is 43.6 Å². The number of aromatic nitrogens is 2. The molecule has 21 heavy (non-hydrogen) atoms. The zero-order valence-corrected chi connectivity index (χ0v) is 13.0. The Labute approximate surface area is 129 Å². The van der Waals surface area contributed by atoms with E-state index in [0.29, 0.717) is 19.0 Å². The van der Waals surface area contributed by atoms with Crippen LogP contribution in [0, 0.1) is 0 Å². The number of benzene rings is 1. The predicted molar refractivity (Wildman–Crippen MR) is 84.2 cm³/mol. The summed E-state index contributed by atoms with van der Waals surface area (Å²) in [6, 6.07) is 11.0. The largest absolute Gasteiger partial charge is 0.494 e. The number of hydrogen-bond donors (Lipinski definition) is 0. The van der Waals surface area contributed by atoms with E-state index in [1.807, 2.05) is 44.2 Å². The average Bonchev–Trinajstić information content (AvgIpc) is 2.45. The van der Waals surface area contributed by atoms with Crippen LogP contribution in [0.4, 0.5) is 0 Å². The molecule has 2 aromatic rings. The van der Waals surface area contributed by atoms with Crippen molar-refractivity contribution in [1.82, 2.24) is 9.55 Å². The van der Waals surface area contributed by atoms with Gasteiger partial charge in [0, 0.05) is 18.5 Å². The first kappa shape index (κ1) is 15.6. The van der Waals surface area contributed by atoms with Gasteiger partial charge in [0.2, 0.25) is 0 Å². The summed E-state index contributed by atoms with van der Waals surface area (Å²) in [6.45, 7) is 5.12. The standard InChI is InChI=1S/C16H19ClN2O2/c1-12(2)16-18-14(17)11-15(20)19(16)9-6-10-21-13-7-4-3-5-8-13/h3-5,7-8,11-12H,6,9-10H2,1-2H3. The van der Waals surface area contributed by atoms with Gasteiger partial charge in [-0.2, -0.15) is 0 Å². The Morgan fingerprint density at radius 2 is 2.00 bits per heavy atom. The molecule has 0 aliphatic heterocycles. The van der Waals surface area contributed by atoms with Gasteiger partial charge in [0.15, 0.2) is 0 Å². The predicted octanol–water partition coefficient (Wildman–Crippen LogP) is 3.49. The molecule has 0 aliphatic carbocycles. The van der Waals surface area contributed by atoms with Crippen LogP contribution in [0.1, 0.15) is 32.0 Å². The van der Waals surface area contributed by atoms with Crippen molar-refractivity contribution in [2.45, 2.75) is 32.7 Å². The van der Waals surface area contributed by atoms with Crippen LogP contribution in [-0.2, 0) is 6.54 Å². The van der Waals surface area contributed by atoms with E-state index in [2.05, 4.69) is 4.98 Å². The summed E-state index contributed by atoms with van der Waals surface area (Å²) in [5, 5.41) is 0.250. The Morgan fingerprint density at radius 1 is 1.29 bits per heavy atom. The lowest BCUT2D eigenvalue weighted by Gasteiger charge is -2.14. The molecule has 2 rings (SSSR count). The van der Waals surface area contributed by atoms with E-state index in [9.17, 15) is 4.79 Å². The third-order valence-electron chi connectivity index (χ3n) is 3.06. The molecule has 0 amide bonds. The Bertz CT molecular complexity index is 638. The van der Waals surface area contributed by atoms with Crippen molar-refractivity contribution in [1.29, 1.82) is 0 Å². The lowest BCUT2D eigenvalue weighted by Crippen LogP contribution is -2.26. The highest BCUT2D eigenvalue weighted by Crippen LogP contribution is 2.13. The molecule has 1 aromatic carbocycles. The maximum absolute atomic E-state index is 12.0. The third-order valence-corrected chi connectivity index (χ3v) is 3.25. The van der Waals surface area contributed by atoms with Gasteiger partial charge >= 0.3 is 0 Å². The SMILES string of the molecule is CC(C)c1nc(Cl)cc(=O)n1CCCOc1ccccc1. The van der Waals surface area contributed by atoms with Gasteiger partial charge in [0.1, 0.15) is 16.7 Å². The molecule has 0 saturated carbocycles. The van der Waals surface area contributed by atoms with Gasteiger partial charge in [-0.25, -0.2) is 4.98 Å². The van der Waals surface area contributed by atoms with Gasteiger partial charge in [0.05, 0.1) is 6.61 Å². The fourth-order valence-electron chi connectivity index (χ4n) is 2.09. The number of nitrogens with zero attached hydrogens (tertiary/aromatic N) is 2. The van der Waals surface area contributed by atoms with Crippen LogP contribution < -0.4 is 10.3 Å². The highest BCUT2D eigenvalue weighted by Gasteiger charge is 2.11. The van der Waals surface area contributed by atoms with Crippen LogP contribution in [0.15, 0.2) is 41.2 Å². The Kier molecular flexibility index (Phi) is 5.39. The first-order valence-electron chi connectivity index (χ1n) is 7.03. The molecule has 0 radical (unpaired) electrons. The fraction of sp³-hybridized carbons (Fsp3) is 0.375. The van der Waals surface area contributed by atoms with Crippen molar-refractivity contribution in [3.8, 4) is 5.75 Å². The van der Waals surface area contributed by atoms with Crippen LogP contribution in [0.5, 0.6) is 5.75 Å². The van der Waals surface area contributed by atoms with E-state index in [1.165, 1.54) is 6.07 Å². The summed E-state index contributed by atoms with van der Waals surface area (Å²) in [6.07, 6.45) is 0.734. The van der Waals surface area contributed by atoms with Gasteiger partial charge in [0.25, 0.3) is 5.56 Å². The highest BCUT2D eigenvalue weighted by molar-refractivity contribution is 6.29. The summed E-state index contributed by atoms with van der Waals surface area (Å²) in [5.74, 6) is 1.70. The Morgan fingerprint density at radius 3 is 2.67 bits per heavy atom. The number of rotatable bonds is 6. The van der Waals surface area contributed by atoms with Crippen molar-refractivity contribution in [3.63, 3.8) is 0 Å². The second-order valence-corrected chi connectivity index (χ2v) is 5.48. The molecule has 0 fully saturated rings. The molecule has 0 spiro atoms.